The van der Waals surface area contributed by atoms with Gasteiger partial charge in [0.25, 0.3) is 5.91 Å². The van der Waals surface area contributed by atoms with Crippen LogP contribution in [-0.4, -0.2) is 19.6 Å². The molecule has 1 heterocycles. The Balaban J connectivity index is 2.14. The Morgan fingerprint density at radius 1 is 1.36 bits per heavy atom. The lowest BCUT2D eigenvalue weighted by molar-refractivity contribution is 0.00314. The first-order valence-electron chi connectivity index (χ1n) is 7.02. The molecule has 0 bridgehead atoms. The number of carbonyl (C=O) groups is 1. The molecule has 2 aromatic rings. The summed E-state index contributed by atoms with van der Waals surface area (Å²) in [7, 11) is 1.61. The number of methoxy groups -OCH3 is 1. The largest absolute Gasteiger partial charge is 0.466 e. The minimum atomic E-state index is -0.659. The number of aryl methyl sites for hydroxylation is 2. The molecule has 1 aromatic heterocycles. The molecule has 1 aromatic carbocycles. The number of carbonyl (C=O) groups excluding carboxylic acids is 1. The highest BCUT2D eigenvalue weighted by Crippen LogP contribution is 2.26. The van der Waals surface area contributed by atoms with Crippen molar-refractivity contribution >= 4 is 17.5 Å². The second-order valence-corrected chi connectivity index (χ2v) is 5.89. The lowest BCUT2D eigenvalue weighted by atomic mass is 9.95. The molecular formula is C17H20ClNO3. The molecule has 0 aliphatic carbocycles. The Hall–Kier alpha value is -1.78. The van der Waals surface area contributed by atoms with Crippen LogP contribution in [0.4, 0.5) is 0 Å². The summed E-state index contributed by atoms with van der Waals surface area (Å²) in [5, 5.41) is 3.53. The number of furan rings is 1. The SMILES string of the molecule is COC(C)(CNC(=O)c1cc(C)oc1C)c1cccc(Cl)c1. The van der Waals surface area contributed by atoms with Crippen LogP contribution in [0.3, 0.4) is 0 Å². The molecule has 0 aliphatic heterocycles. The molecule has 118 valence electrons. The molecule has 1 atom stereocenters. The second kappa shape index (κ2) is 6.55. The van der Waals surface area contributed by atoms with E-state index in [-0.39, 0.29) is 5.91 Å². The maximum absolute atomic E-state index is 12.3. The standard InChI is InChI=1S/C17H20ClNO3/c1-11-8-15(12(2)22-11)16(20)19-10-17(3,21-4)13-6-5-7-14(18)9-13/h5-9H,10H2,1-4H3,(H,19,20). The molecule has 0 spiro atoms. The van der Waals surface area contributed by atoms with Gasteiger partial charge >= 0.3 is 0 Å². The van der Waals surface area contributed by atoms with E-state index in [1.165, 1.54) is 0 Å². The lowest BCUT2D eigenvalue weighted by Crippen LogP contribution is -2.40. The minimum absolute atomic E-state index is 0.181. The lowest BCUT2D eigenvalue weighted by Gasteiger charge is -2.29. The van der Waals surface area contributed by atoms with Gasteiger partial charge in [-0.25, -0.2) is 0 Å². The summed E-state index contributed by atoms with van der Waals surface area (Å²) in [5.74, 6) is 1.14. The second-order valence-electron chi connectivity index (χ2n) is 5.45. The number of hydrogen-bond donors (Lipinski definition) is 1. The average molecular weight is 322 g/mol. The van der Waals surface area contributed by atoms with Crippen LogP contribution < -0.4 is 5.32 Å². The molecule has 2 rings (SSSR count). The van der Waals surface area contributed by atoms with E-state index < -0.39 is 5.60 Å². The van der Waals surface area contributed by atoms with Gasteiger partial charge in [-0.05, 0) is 44.5 Å². The molecule has 0 radical (unpaired) electrons. The fraction of sp³-hybridized carbons (Fsp3) is 0.353. The summed E-state index contributed by atoms with van der Waals surface area (Å²) in [4.78, 5) is 12.3. The van der Waals surface area contributed by atoms with E-state index in [4.69, 9.17) is 20.8 Å². The molecule has 5 heteroatoms. The Bertz CT molecular complexity index is 680. The summed E-state index contributed by atoms with van der Waals surface area (Å²) >= 11 is 6.03. The van der Waals surface area contributed by atoms with Gasteiger partial charge in [0.05, 0.1) is 12.1 Å². The number of amides is 1. The van der Waals surface area contributed by atoms with Gasteiger partial charge in [-0.3, -0.25) is 4.79 Å². The van der Waals surface area contributed by atoms with Gasteiger partial charge in [-0.2, -0.15) is 0 Å². The number of hydrogen-bond acceptors (Lipinski definition) is 3. The van der Waals surface area contributed by atoms with Crippen molar-refractivity contribution in [3.05, 3.63) is 58.0 Å². The molecule has 0 aliphatic rings. The van der Waals surface area contributed by atoms with Crippen molar-refractivity contribution in [2.24, 2.45) is 0 Å². The van der Waals surface area contributed by atoms with E-state index in [0.717, 1.165) is 5.56 Å². The van der Waals surface area contributed by atoms with Crippen molar-refractivity contribution in [1.82, 2.24) is 5.32 Å². The first-order chi connectivity index (χ1) is 10.4. The average Bonchev–Trinajstić information content (AvgIpc) is 2.83. The topological polar surface area (TPSA) is 51.5 Å². The quantitative estimate of drug-likeness (QED) is 0.910. The summed E-state index contributed by atoms with van der Waals surface area (Å²) in [5.41, 5.74) is 0.790. The number of nitrogens with one attached hydrogen (secondary N) is 1. The van der Waals surface area contributed by atoms with Gasteiger partial charge in [0.15, 0.2) is 0 Å². The number of ether oxygens (including phenoxy) is 1. The molecule has 1 unspecified atom stereocenters. The number of halogens is 1. The summed E-state index contributed by atoms with van der Waals surface area (Å²) in [6.45, 7) is 5.82. The number of benzene rings is 1. The van der Waals surface area contributed by atoms with Crippen LogP contribution in [0.25, 0.3) is 0 Å². The third-order valence-electron chi connectivity index (χ3n) is 3.76. The fourth-order valence-electron chi connectivity index (χ4n) is 2.31. The Labute approximate surface area is 135 Å². The van der Waals surface area contributed by atoms with Gasteiger partial charge < -0.3 is 14.5 Å². The zero-order valence-corrected chi connectivity index (χ0v) is 14.0. The third kappa shape index (κ3) is 3.51. The smallest absolute Gasteiger partial charge is 0.254 e. The fourth-order valence-corrected chi connectivity index (χ4v) is 2.50. The molecule has 0 saturated carbocycles. The highest BCUT2D eigenvalue weighted by atomic mass is 35.5. The van der Waals surface area contributed by atoms with Crippen LogP contribution in [-0.2, 0) is 10.3 Å². The molecular weight excluding hydrogens is 302 g/mol. The zero-order chi connectivity index (χ0) is 16.3. The zero-order valence-electron chi connectivity index (χ0n) is 13.2. The number of rotatable bonds is 5. The molecule has 1 N–H and O–H groups in total. The van der Waals surface area contributed by atoms with Gasteiger partial charge in [0.2, 0.25) is 0 Å². The van der Waals surface area contributed by atoms with E-state index in [2.05, 4.69) is 5.32 Å². The van der Waals surface area contributed by atoms with Crippen molar-refractivity contribution in [2.45, 2.75) is 26.4 Å². The molecule has 22 heavy (non-hydrogen) atoms. The van der Waals surface area contributed by atoms with Gasteiger partial charge in [0, 0.05) is 12.1 Å². The van der Waals surface area contributed by atoms with Crippen LogP contribution in [0, 0.1) is 13.8 Å². The van der Waals surface area contributed by atoms with Crippen molar-refractivity contribution in [2.75, 3.05) is 13.7 Å². The maximum atomic E-state index is 12.3. The van der Waals surface area contributed by atoms with Gasteiger partial charge in [-0.1, -0.05) is 23.7 Å². The van der Waals surface area contributed by atoms with Crippen LogP contribution >= 0.6 is 11.6 Å². The molecule has 0 fully saturated rings. The Morgan fingerprint density at radius 3 is 2.64 bits per heavy atom. The molecule has 4 nitrogen and oxygen atoms in total. The normalized spacial score (nSPS) is 13.7. The van der Waals surface area contributed by atoms with Crippen molar-refractivity contribution in [1.29, 1.82) is 0 Å². The monoisotopic (exact) mass is 321 g/mol. The van der Waals surface area contributed by atoms with Crippen LogP contribution in [0.15, 0.2) is 34.7 Å². The van der Waals surface area contributed by atoms with Gasteiger partial charge in [-0.15, -0.1) is 0 Å². The molecule has 0 saturated heterocycles. The minimum Gasteiger partial charge on any atom is -0.466 e. The van der Waals surface area contributed by atoms with Gasteiger partial charge in [0.1, 0.15) is 17.1 Å². The molecule has 1 amide bonds. The first-order valence-corrected chi connectivity index (χ1v) is 7.40. The predicted octanol–water partition coefficient (Wildman–Crippen LogP) is 3.84. The first kappa shape index (κ1) is 16.6. The van der Waals surface area contributed by atoms with Crippen molar-refractivity contribution < 1.29 is 13.9 Å². The summed E-state index contributed by atoms with van der Waals surface area (Å²) in [6.07, 6.45) is 0. The summed E-state index contributed by atoms with van der Waals surface area (Å²) < 4.78 is 11.0. The van der Waals surface area contributed by atoms with Crippen LogP contribution in [0.5, 0.6) is 0 Å². The van der Waals surface area contributed by atoms with Crippen molar-refractivity contribution in [3.63, 3.8) is 0 Å². The highest BCUT2D eigenvalue weighted by Gasteiger charge is 2.28. The van der Waals surface area contributed by atoms with E-state index in [9.17, 15) is 4.79 Å². The predicted molar refractivity (Wildman–Crippen MR) is 86.3 cm³/mol. The van der Waals surface area contributed by atoms with Crippen molar-refractivity contribution in [3.8, 4) is 0 Å². The maximum Gasteiger partial charge on any atom is 0.254 e. The highest BCUT2D eigenvalue weighted by molar-refractivity contribution is 6.30. The van der Waals surface area contributed by atoms with Crippen LogP contribution in [0.1, 0.15) is 34.4 Å². The van der Waals surface area contributed by atoms with E-state index >= 15 is 0 Å². The van der Waals surface area contributed by atoms with E-state index in [1.54, 1.807) is 26.2 Å². The van der Waals surface area contributed by atoms with E-state index in [1.807, 2.05) is 32.0 Å². The third-order valence-corrected chi connectivity index (χ3v) is 3.99. The Morgan fingerprint density at radius 2 is 2.09 bits per heavy atom. The van der Waals surface area contributed by atoms with E-state index in [0.29, 0.717) is 28.7 Å². The summed E-state index contributed by atoms with van der Waals surface area (Å²) in [6, 6.07) is 9.16. The Kier molecular flexibility index (Phi) is 4.94. The van der Waals surface area contributed by atoms with Crippen LogP contribution in [0.2, 0.25) is 5.02 Å².